The summed E-state index contributed by atoms with van der Waals surface area (Å²) in [5.41, 5.74) is 1.16. The molecule has 1 fully saturated rings. The number of rotatable bonds is 3. The zero-order valence-electron chi connectivity index (χ0n) is 12.1. The quantitative estimate of drug-likeness (QED) is 0.839. The normalized spacial score (nSPS) is 19.3. The van der Waals surface area contributed by atoms with E-state index in [1.807, 2.05) is 24.2 Å². The molecule has 1 aliphatic heterocycles. The Morgan fingerprint density at radius 1 is 1.47 bits per heavy atom. The Kier molecular flexibility index (Phi) is 4.40. The van der Waals surface area contributed by atoms with E-state index in [-0.39, 0.29) is 11.9 Å². The second-order valence-corrected chi connectivity index (χ2v) is 5.19. The van der Waals surface area contributed by atoms with Crippen LogP contribution in [0.2, 0.25) is 0 Å². The Morgan fingerprint density at radius 3 is 2.84 bits per heavy atom. The van der Waals surface area contributed by atoms with Crippen molar-refractivity contribution in [2.24, 2.45) is 0 Å². The summed E-state index contributed by atoms with van der Waals surface area (Å²) in [4.78, 5) is 20.3. The summed E-state index contributed by atoms with van der Waals surface area (Å²) >= 11 is 0. The highest BCUT2D eigenvalue weighted by molar-refractivity contribution is 5.74. The maximum absolute atomic E-state index is 11.7. The third-order valence-corrected chi connectivity index (χ3v) is 3.93. The molecule has 0 N–H and O–H groups in total. The Labute approximate surface area is 115 Å². The van der Waals surface area contributed by atoms with Gasteiger partial charge in [0.15, 0.2) is 0 Å². The average molecular weight is 261 g/mol. The first-order chi connectivity index (χ1) is 9.13. The van der Waals surface area contributed by atoms with Crippen LogP contribution in [0, 0.1) is 0 Å². The fourth-order valence-corrected chi connectivity index (χ4v) is 2.64. The second kappa shape index (κ2) is 6.04. The van der Waals surface area contributed by atoms with Crippen LogP contribution in [0.4, 0.5) is 5.82 Å². The first kappa shape index (κ1) is 13.8. The van der Waals surface area contributed by atoms with Crippen LogP contribution in [0.5, 0.6) is 0 Å². The largest absolute Gasteiger partial charge is 0.360 e. The van der Waals surface area contributed by atoms with E-state index < -0.39 is 0 Å². The summed E-state index contributed by atoms with van der Waals surface area (Å²) in [5, 5.41) is 0. The van der Waals surface area contributed by atoms with Gasteiger partial charge in [-0.05, 0) is 37.8 Å². The van der Waals surface area contributed by atoms with Crippen molar-refractivity contribution in [3.63, 3.8) is 0 Å². The van der Waals surface area contributed by atoms with Crippen molar-refractivity contribution < 1.29 is 4.79 Å². The molecule has 0 radical (unpaired) electrons. The Hall–Kier alpha value is -1.58. The van der Waals surface area contributed by atoms with Gasteiger partial charge < -0.3 is 9.80 Å². The Balaban J connectivity index is 2.18. The van der Waals surface area contributed by atoms with E-state index in [4.69, 9.17) is 0 Å². The number of carbonyl (C=O) groups is 1. The number of piperidine rings is 1. The molecule has 0 saturated carbocycles. The zero-order chi connectivity index (χ0) is 13.8. The Morgan fingerprint density at radius 2 is 2.26 bits per heavy atom. The molecule has 104 valence electrons. The molecule has 1 atom stereocenters. The van der Waals surface area contributed by atoms with Gasteiger partial charge in [0.2, 0.25) is 5.91 Å². The molecule has 1 aromatic rings. The lowest BCUT2D eigenvalue weighted by molar-refractivity contribution is -0.132. The van der Waals surface area contributed by atoms with Crippen LogP contribution >= 0.6 is 0 Å². The van der Waals surface area contributed by atoms with Crippen LogP contribution in [0.3, 0.4) is 0 Å². The van der Waals surface area contributed by atoms with Crippen LogP contribution in [0.1, 0.15) is 44.7 Å². The third-order valence-electron chi connectivity index (χ3n) is 3.93. The van der Waals surface area contributed by atoms with Gasteiger partial charge in [0, 0.05) is 33.3 Å². The van der Waals surface area contributed by atoms with Crippen LogP contribution in [0.25, 0.3) is 0 Å². The van der Waals surface area contributed by atoms with Gasteiger partial charge in [0.1, 0.15) is 5.82 Å². The number of anilines is 1. The lowest BCUT2D eigenvalue weighted by Gasteiger charge is -2.35. The van der Waals surface area contributed by atoms with Crippen LogP contribution in [0.15, 0.2) is 18.3 Å². The van der Waals surface area contributed by atoms with E-state index >= 15 is 0 Å². The molecule has 4 nitrogen and oxygen atoms in total. The van der Waals surface area contributed by atoms with E-state index in [1.54, 1.807) is 6.92 Å². The minimum absolute atomic E-state index is 0.166. The maximum atomic E-state index is 11.7. The van der Waals surface area contributed by atoms with Gasteiger partial charge in [-0.25, -0.2) is 4.98 Å². The third kappa shape index (κ3) is 3.06. The van der Waals surface area contributed by atoms with Gasteiger partial charge >= 0.3 is 0 Å². The summed E-state index contributed by atoms with van der Waals surface area (Å²) in [5.74, 6) is 1.15. The average Bonchev–Trinajstić information content (AvgIpc) is 2.46. The van der Waals surface area contributed by atoms with Crippen molar-refractivity contribution in [2.45, 2.75) is 39.2 Å². The van der Waals surface area contributed by atoms with Gasteiger partial charge in [0.05, 0.1) is 6.04 Å². The first-order valence-electron chi connectivity index (χ1n) is 7.07. The summed E-state index contributed by atoms with van der Waals surface area (Å²) in [6.07, 6.45) is 5.27. The molecule has 1 saturated heterocycles. The van der Waals surface area contributed by atoms with E-state index in [0.29, 0.717) is 0 Å². The fourth-order valence-electron chi connectivity index (χ4n) is 2.64. The second-order valence-electron chi connectivity index (χ2n) is 5.19. The molecule has 2 heterocycles. The van der Waals surface area contributed by atoms with Gasteiger partial charge in [-0.1, -0.05) is 6.07 Å². The van der Waals surface area contributed by atoms with Crippen LogP contribution in [-0.2, 0) is 4.79 Å². The molecule has 2 rings (SSSR count). The smallest absolute Gasteiger partial charge is 0.219 e. The molecule has 4 heteroatoms. The summed E-state index contributed by atoms with van der Waals surface area (Å²) in [6, 6.07) is 4.37. The highest BCUT2D eigenvalue weighted by Gasteiger charge is 2.25. The molecule has 1 amide bonds. The molecule has 19 heavy (non-hydrogen) atoms. The first-order valence-corrected chi connectivity index (χ1v) is 7.07. The molecular weight excluding hydrogens is 238 g/mol. The molecule has 1 unspecified atom stereocenters. The standard InChI is InChI=1S/C15H23N3O/c1-4-17(3)15-9-8-13(11-16-15)14-7-5-6-10-18(14)12(2)19/h8-9,11,14H,4-7,10H2,1-3H3. The van der Waals surface area contributed by atoms with E-state index in [2.05, 4.69) is 22.9 Å². The van der Waals surface area contributed by atoms with Crippen molar-refractivity contribution in [2.75, 3.05) is 25.0 Å². The SMILES string of the molecule is CCN(C)c1ccc(C2CCCCN2C(C)=O)cn1. The predicted molar refractivity (Wildman–Crippen MR) is 77.2 cm³/mol. The number of pyridine rings is 1. The van der Waals surface area contributed by atoms with Gasteiger partial charge in [-0.3, -0.25) is 4.79 Å². The van der Waals surface area contributed by atoms with Crippen molar-refractivity contribution in [3.8, 4) is 0 Å². The van der Waals surface area contributed by atoms with Crippen molar-refractivity contribution in [1.82, 2.24) is 9.88 Å². The van der Waals surface area contributed by atoms with Gasteiger partial charge in [-0.15, -0.1) is 0 Å². The Bertz CT molecular complexity index is 430. The zero-order valence-corrected chi connectivity index (χ0v) is 12.1. The number of aromatic nitrogens is 1. The van der Waals surface area contributed by atoms with Crippen LogP contribution in [-0.4, -0.2) is 35.9 Å². The highest BCUT2D eigenvalue weighted by atomic mass is 16.2. The lowest BCUT2D eigenvalue weighted by atomic mass is 9.96. The number of amides is 1. The van der Waals surface area contributed by atoms with Crippen LogP contribution < -0.4 is 4.90 Å². The number of hydrogen-bond donors (Lipinski definition) is 0. The molecule has 1 aliphatic rings. The molecule has 1 aromatic heterocycles. The minimum Gasteiger partial charge on any atom is -0.360 e. The summed E-state index contributed by atoms with van der Waals surface area (Å²) in [7, 11) is 2.03. The predicted octanol–water partition coefficient (Wildman–Crippen LogP) is 2.61. The monoisotopic (exact) mass is 261 g/mol. The summed E-state index contributed by atoms with van der Waals surface area (Å²) in [6.45, 7) is 5.57. The number of hydrogen-bond acceptors (Lipinski definition) is 3. The number of nitrogens with zero attached hydrogens (tertiary/aromatic N) is 3. The maximum Gasteiger partial charge on any atom is 0.219 e. The van der Waals surface area contributed by atoms with Gasteiger partial charge in [0.25, 0.3) is 0 Å². The topological polar surface area (TPSA) is 36.4 Å². The molecule has 0 aromatic carbocycles. The van der Waals surface area contributed by atoms with Crippen molar-refractivity contribution in [3.05, 3.63) is 23.9 Å². The van der Waals surface area contributed by atoms with Gasteiger partial charge in [-0.2, -0.15) is 0 Å². The molecular formula is C15H23N3O. The highest BCUT2D eigenvalue weighted by Crippen LogP contribution is 2.31. The number of carbonyl (C=O) groups excluding carboxylic acids is 1. The summed E-state index contributed by atoms with van der Waals surface area (Å²) < 4.78 is 0. The minimum atomic E-state index is 0.166. The van der Waals surface area contributed by atoms with Crippen molar-refractivity contribution in [1.29, 1.82) is 0 Å². The van der Waals surface area contributed by atoms with E-state index in [1.165, 1.54) is 6.42 Å². The molecule has 0 aliphatic carbocycles. The molecule has 0 bridgehead atoms. The van der Waals surface area contributed by atoms with E-state index in [0.717, 1.165) is 37.3 Å². The molecule has 0 spiro atoms. The van der Waals surface area contributed by atoms with Crippen molar-refractivity contribution >= 4 is 11.7 Å². The van der Waals surface area contributed by atoms with E-state index in [9.17, 15) is 4.79 Å². The fraction of sp³-hybridized carbons (Fsp3) is 0.600. The number of likely N-dealkylation sites (tertiary alicyclic amines) is 1. The lowest BCUT2D eigenvalue weighted by Crippen LogP contribution is -2.37.